The normalized spacial score (nSPS) is 10.1. The molecule has 0 aliphatic rings. The summed E-state index contributed by atoms with van der Waals surface area (Å²) in [6.07, 6.45) is 0. The van der Waals surface area contributed by atoms with Crippen molar-refractivity contribution in [3.63, 3.8) is 0 Å². The minimum atomic E-state index is -0.476. The molecule has 1 rings (SSSR count). The van der Waals surface area contributed by atoms with Crippen molar-refractivity contribution in [3.05, 3.63) is 33.3 Å². The van der Waals surface area contributed by atoms with Gasteiger partial charge in [0.05, 0.1) is 22.2 Å². The minimum absolute atomic E-state index is 0.0136. The van der Waals surface area contributed by atoms with Gasteiger partial charge in [-0.25, -0.2) is 0 Å². The lowest BCUT2D eigenvalue weighted by Crippen LogP contribution is -2.09. The standard InChI is InChI=1S/C10H13ClN2O3/c1-2-16-6-5-12-10-4-3-8(13(14)15)7-9(10)11/h3-4,7,12H,2,5-6H2,1H3. The summed E-state index contributed by atoms with van der Waals surface area (Å²) in [6.45, 7) is 3.77. The molecule has 0 saturated carbocycles. The van der Waals surface area contributed by atoms with Gasteiger partial charge in [0.1, 0.15) is 0 Å². The maximum atomic E-state index is 10.5. The second-order valence-electron chi connectivity index (χ2n) is 3.04. The predicted octanol–water partition coefficient (Wildman–Crippen LogP) is 2.70. The van der Waals surface area contributed by atoms with Gasteiger partial charge < -0.3 is 10.1 Å². The molecule has 0 unspecified atom stereocenters. The van der Waals surface area contributed by atoms with Crippen LogP contribution in [0.2, 0.25) is 5.02 Å². The van der Waals surface area contributed by atoms with E-state index >= 15 is 0 Å². The molecule has 0 bridgehead atoms. The Morgan fingerprint density at radius 3 is 2.88 bits per heavy atom. The van der Waals surface area contributed by atoms with Crippen LogP contribution in [-0.2, 0) is 4.74 Å². The first-order valence-corrected chi connectivity index (χ1v) is 5.28. The van der Waals surface area contributed by atoms with Crippen molar-refractivity contribution in [2.45, 2.75) is 6.92 Å². The van der Waals surface area contributed by atoms with Gasteiger partial charge in [0.15, 0.2) is 0 Å². The molecular weight excluding hydrogens is 232 g/mol. The topological polar surface area (TPSA) is 64.4 Å². The summed E-state index contributed by atoms with van der Waals surface area (Å²) in [5.41, 5.74) is 0.660. The van der Waals surface area contributed by atoms with E-state index in [1.165, 1.54) is 12.1 Å². The predicted molar refractivity (Wildman–Crippen MR) is 63.1 cm³/mol. The second-order valence-corrected chi connectivity index (χ2v) is 3.45. The second kappa shape index (κ2) is 6.30. The molecule has 5 nitrogen and oxygen atoms in total. The molecule has 1 aromatic rings. The number of ether oxygens (including phenoxy) is 1. The van der Waals surface area contributed by atoms with E-state index < -0.39 is 4.92 Å². The lowest BCUT2D eigenvalue weighted by atomic mass is 10.3. The van der Waals surface area contributed by atoms with Crippen LogP contribution in [-0.4, -0.2) is 24.7 Å². The van der Waals surface area contributed by atoms with Crippen molar-refractivity contribution < 1.29 is 9.66 Å². The zero-order valence-corrected chi connectivity index (χ0v) is 9.66. The molecule has 0 aliphatic heterocycles. The molecule has 0 atom stereocenters. The van der Waals surface area contributed by atoms with Gasteiger partial charge in [-0.3, -0.25) is 10.1 Å². The molecule has 0 saturated heterocycles. The fourth-order valence-corrected chi connectivity index (χ4v) is 1.40. The van der Waals surface area contributed by atoms with Crippen LogP contribution in [0.5, 0.6) is 0 Å². The third-order valence-corrected chi connectivity index (χ3v) is 2.24. The van der Waals surface area contributed by atoms with Gasteiger partial charge in [0.2, 0.25) is 0 Å². The van der Waals surface area contributed by atoms with Crippen molar-refractivity contribution in [2.75, 3.05) is 25.1 Å². The van der Waals surface area contributed by atoms with Gasteiger partial charge >= 0.3 is 0 Å². The van der Waals surface area contributed by atoms with Crippen LogP contribution in [0.3, 0.4) is 0 Å². The average molecular weight is 245 g/mol. The van der Waals surface area contributed by atoms with E-state index in [0.29, 0.717) is 30.5 Å². The van der Waals surface area contributed by atoms with Crippen LogP contribution in [0, 0.1) is 10.1 Å². The Kier molecular flexibility index (Phi) is 5.01. The number of nitro groups is 1. The molecule has 0 heterocycles. The van der Waals surface area contributed by atoms with E-state index in [2.05, 4.69) is 5.32 Å². The SMILES string of the molecule is CCOCCNc1ccc([N+](=O)[O-])cc1Cl. The molecule has 0 amide bonds. The number of benzene rings is 1. The average Bonchev–Trinajstić information content (AvgIpc) is 2.26. The van der Waals surface area contributed by atoms with Crippen molar-refractivity contribution >= 4 is 23.0 Å². The molecule has 0 spiro atoms. The van der Waals surface area contributed by atoms with Gasteiger partial charge in [-0.2, -0.15) is 0 Å². The Hall–Kier alpha value is -1.33. The van der Waals surface area contributed by atoms with Crippen LogP contribution in [0.4, 0.5) is 11.4 Å². The molecule has 0 fully saturated rings. The third-order valence-electron chi connectivity index (χ3n) is 1.93. The van der Waals surface area contributed by atoms with Gasteiger partial charge in [-0.1, -0.05) is 11.6 Å². The van der Waals surface area contributed by atoms with Crippen molar-refractivity contribution in [3.8, 4) is 0 Å². The summed E-state index contributed by atoms with van der Waals surface area (Å²) in [5, 5.41) is 13.8. The van der Waals surface area contributed by atoms with Crippen LogP contribution < -0.4 is 5.32 Å². The molecule has 88 valence electrons. The third kappa shape index (κ3) is 3.67. The first kappa shape index (κ1) is 12.7. The molecule has 0 aliphatic carbocycles. The Morgan fingerprint density at radius 2 is 2.31 bits per heavy atom. The molecule has 6 heteroatoms. The number of nitrogens with one attached hydrogen (secondary N) is 1. The lowest BCUT2D eigenvalue weighted by molar-refractivity contribution is -0.384. The van der Waals surface area contributed by atoms with Crippen molar-refractivity contribution in [1.29, 1.82) is 0 Å². The van der Waals surface area contributed by atoms with E-state index in [9.17, 15) is 10.1 Å². The van der Waals surface area contributed by atoms with Crippen LogP contribution in [0.15, 0.2) is 18.2 Å². The lowest BCUT2D eigenvalue weighted by Gasteiger charge is -2.07. The van der Waals surface area contributed by atoms with Gasteiger partial charge in [-0.15, -0.1) is 0 Å². The Balaban J connectivity index is 2.57. The molecule has 16 heavy (non-hydrogen) atoms. The molecule has 0 aromatic heterocycles. The summed E-state index contributed by atoms with van der Waals surface area (Å²) < 4.78 is 5.14. The fourth-order valence-electron chi connectivity index (χ4n) is 1.16. The van der Waals surface area contributed by atoms with Gasteiger partial charge in [0, 0.05) is 25.3 Å². The Labute approximate surface area is 98.5 Å². The highest BCUT2D eigenvalue weighted by Crippen LogP contribution is 2.26. The molecule has 1 aromatic carbocycles. The summed E-state index contributed by atoms with van der Waals surface area (Å²) in [4.78, 5) is 9.99. The highest BCUT2D eigenvalue weighted by atomic mass is 35.5. The Morgan fingerprint density at radius 1 is 1.56 bits per heavy atom. The monoisotopic (exact) mass is 244 g/mol. The zero-order chi connectivity index (χ0) is 12.0. The number of nitro benzene ring substituents is 1. The van der Waals surface area contributed by atoms with Crippen LogP contribution in [0.1, 0.15) is 6.92 Å². The first-order valence-electron chi connectivity index (χ1n) is 4.90. The van der Waals surface area contributed by atoms with E-state index in [-0.39, 0.29) is 5.69 Å². The van der Waals surface area contributed by atoms with E-state index in [1.54, 1.807) is 6.07 Å². The first-order chi connectivity index (χ1) is 7.65. The molecule has 1 N–H and O–H groups in total. The van der Waals surface area contributed by atoms with E-state index in [4.69, 9.17) is 16.3 Å². The maximum Gasteiger partial charge on any atom is 0.271 e. The number of anilines is 1. The number of hydrogen-bond donors (Lipinski definition) is 1. The van der Waals surface area contributed by atoms with Gasteiger partial charge in [0.25, 0.3) is 5.69 Å². The smallest absolute Gasteiger partial charge is 0.271 e. The number of hydrogen-bond acceptors (Lipinski definition) is 4. The highest BCUT2D eigenvalue weighted by Gasteiger charge is 2.08. The van der Waals surface area contributed by atoms with Crippen LogP contribution >= 0.6 is 11.6 Å². The summed E-state index contributed by atoms with van der Waals surface area (Å²) >= 11 is 5.88. The zero-order valence-electron chi connectivity index (χ0n) is 8.90. The minimum Gasteiger partial charge on any atom is -0.382 e. The molecule has 0 radical (unpaired) electrons. The maximum absolute atomic E-state index is 10.5. The van der Waals surface area contributed by atoms with E-state index in [0.717, 1.165) is 0 Å². The van der Waals surface area contributed by atoms with Gasteiger partial charge in [-0.05, 0) is 13.0 Å². The molecular formula is C10H13ClN2O3. The summed E-state index contributed by atoms with van der Waals surface area (Å²) in [6, 6.07) is 4.33. The number of non-ortho nitro benzene ring substituents is 1. The Bertz CT molecular complexity index is 371. The van der Waals surface area contributed by atoms with Crippen LogP contribution in [0.25, 0.3) is 0 Å². The van der Waals surface area contributed by atoms with E-state index in [1.807, 2.05) is 6.92 Å². The summed E-state index contributed by atoms with van der Waals surface area (Å²) in [7, 11) is 0. The number of rotatable bonds is 6. The quantitative estimate of drug-likeness (QED) is 0.475. The van der Waals surface area contributed by atoms with Crippen molar-refractivity contribution in [1.82, 2.24) is 0 Å². The summed E-state index contributed by atoms with van der Waals surface area (Å²) in [5.74, 6) is 0. The highest BCUT2D eigenvalue weighted by molar-refractivity contribution is 6.33. The number of nitrogens with zero attached hydrogens (tertiary/aromatic N) is 1. The largest absolute Gasteiger partial charge is 0.382 e. The number of halogens is 1. The fraction of sp³-hybridized carbons (Fsp3) is 0.400. The van der Waals surface area contributed by atoms with Crippen molar-refractivity contribution in [2.24, 2.45) is 0 Å².